The highest BCUT2D eigenvalue weighted by Crippen LogP contribution is 2.34. The Bertz CT molecular complexity index is 1020. The molecule has 30 heavy (non-hydrogen) atoms. The summed E-state index contributed by atoms with van der Waals surface area (Å²) in [5, 5.41) is 12.7. The number of carboxylic acids is 1. The molecule has 0 amide bonds. The van der Waals surface area contributed by atoms with Crippen LogP contribution in [0, 0.1) is 0 Å². The predicted molar refractivity (Wildman–Crippen MR) is 112 cm³/mol. The molecule has 1 aliphatic carbocycles. The number of rotatable bonds is 8. The Morgan fingerprint density at radius 1 is 1.20 bits per heavy atom. The Labute approximate surface area is 174 Å². The number of pyridine rings is 2. The number of carboxylic acid groups (broad SMARTS) is 1. The topological polar surface area (TPSA) is 93.6 Å². The van der Waals surface area contributed by atoms with Crippen molar-refractivity contribution in [1.29, 1.82) is 0 Å². The van der Waals surface area contributed by atoms with Crippen LogP contribution in [0.3, 0.4) is 0 Å². The van der Waals surface area contributed by atoms with Crippen molar-refractivity contribution in [2.45, 2.75) is 31.4 Å². The molecule has 0 bridgehead atoms. The van der Waals surface area contributed by atoms with Crippen molar-refractivity contribution in [3.05, 3.63) is 77.7 Å². The fourth-order valence-electron chi connectivity index (χ4n) is 3.27. The van der Waals surface area contributed by atoms with Crippen LogP contribution in [0.4, 0.5) is 5.69 Å². The monoisotopic (exact) mass is 405 g/mol. The highest BCUT2D eigenvalue weighted by Gasteiger charge is 2.24. The molecule has 2 aromatic heterocycles. The zero-order valence-corrected chi connectivity index (χ0v) is 16.6. The third-order valence-electron chi connectivity index (χ3n) is 5.13. The van der Waals surface area contributed by atoms with Gasteiger partial charge in [0, 0.05) is 18.1 Å². The zero-order valence-electron chi connectivity index (χ0n) is 16.6. The van der Waals surface area contributed by atoms with Gasteiger partial charge in [0.05, 0.1) is 24.4 Å². The molecule has 1 aliphatic rings. The summed E-state index contributed by atoms with van der Waals surface area (Å²) in [4.78, 5) is 20.3. The molecule has 0 aliphatic heterocycles. The van der Waals surface area contributed by atoms with E-state index in [-0.39, 0.29) is 17.7 Å². The molecule has 1 unspecified atom stereocenters. The van der Waals surface area contributed by atoms with Crippen LogP contribution < -0.4 is 14.8 Å². The number of hydrogen-bond donors (Lipinski definition) is 2. The van der Waals surface area contributed by atoms with E-state index in [0.717, 1.165) is 30.5 Å². The molecule has 4 rings (SSSR count). The number of nitrogens with zero attached hydrogens (tertiary/aromatic N) is 2. The van der Waals surface area contributed by atoms with Crippen molar-refractivity contribution in [2.24, 2.45) is 0 Å². The minimum absolute atomic E-state index is 0.165. The van der Waals surface area contributed by atoms with Gasteiger partial charge in [-0.3, -0.25) is 4.98 Å². The first-order chi connectivity index (χ1) is 14.6. The quantitative estimate of drug-likeness (QED) is 0.576. The number of anilines is 1. The fraction of sp³-hybridized carbons (Fsp3) is 0.261. The molecule has 7 heteroatoms. The lowest BCUT2D eigenvalue weighted by molar-refractivity contribution is 0.0697. The van der Waals surface area contributed by atoms with Gasteiger partial charge in [0.15, 0.2) is 5.75 Å². The van der Waals surface area contributed by atoms with Crippen molar-refractivity contribution >= 4 is 11.7 Å². The largest absolute Gasteiger partial charge is 0.491 e. The standard InChI is InChI=1S/C23H23N3O4/c1-29-20-11-10-19(26-22(20)30-18-8-3-9-18)21(16-6-4-12-24-14-16)25-17-7-2-5-15(13-17)23(27)28/h2,4-7,10-14,18,21,25H,3,8-9H2,1H3,(H,27,28). The molecule has 2 heterocycles. The summed E-state index contributed by atoms with van der Waals surface area (Å²) in [5.41, 5.74) is 2.49. The average molecular weight is 405 g/mol. The van der Waals surface area contributed by atoms with E-state index in [1.165, 1.54) is 0 Å². The van der Waals surface area contributed by atoms with E-state index in [2.05, 4.69) is 10.3 Å². The van der Waals surface area contributed by atoms with Crippen molar-refractivity contribution in [2.75, 3.05) is 12.4 Å². The first-order valence-electron chi connectivity index (χ1n) is 9.85. The SMILES string of the molecule is COc1ccc(C(Nc2cccc(C(=O)O)c2)c2cccnc2)nc1OC1CCC1. The molecule has 154 valence electrons. The van der Waals surface area contributed by atoms with Gasteiger partial charge in [0.1, 0.15) is 6.10 Å². The lowest BCUT2D eigenvalue weighted by Gasteiger charge is -2.27. The van der Waals surface area contributed by atoms with Crippen LogP contribution in [0.5, 0.6) is 11.6 Å². The van der Waals surface area contributed by atoms with Crippen molar-refractivity contribution in [3.63, 3.8) is 0 Å². The van der Waals surface area contributed by atoms with Gasteiger partial charge < -0.3 is 19.9 Å². The smallest absolute Gasteiger partial charge is 0.335 e. The predicted octanol–water partition coefficient (Wildman–Crippen LogP) is 4.32. The molecule has 1 saturated carbocycles. The number of methoxy groups -OCH3 is 1. The zero-order chi connectivity index (χ0) is 20.9. The van der Waals surface area contributed by atoms with E-state index < -0.39 is 5.97 Å². The minimum atomic E-state index is -0.977. The Balaban J connectivity index is 1.70. The summed E-state index contributed by atoms with van der Waals surface area (Å²) in [6.07, 6.45) is 6.82. The summed E-state index contributed by atoms with van der Waals surface area (Å²) < 4.78 is 11.5. The highest BCUT2D eigenvalue weighted by molar-refractivity contribution is 5.88. The number of carbonyl (C=O) groups is 1. The first-order valence-corrected chi connectivity index (χ1v) is 9.85. The number of hydrogen-bond acceptors (Lipinski definition) is 6. The van der Waals surface area contributed by atoms with Crippen LogP contribution in [0.15, 0.2) is 60.9 Å². The van der Waals surface area contributed by atoms with Gasteiger partial charge in [-0.2, -0.15) is 0 Å². The molecule has 1 aromatic carbocycles. The third kappa shape index (κ3) is 4.35. The first kappa shape index (κ1) is 19.7. The normalized spacial score (nSPS) is 14.4. The molecule has 3 aromatic rings. The van der Waals surface area contributed by atoms with Crippen molar-refractivity contribution in [1.82, 2.24) is 9.97 Å². The highest BCUT2D eigenvalue weighted by atomic mass is 16.5. The molecule has 0 saturated heterocycles. The van der Waals surface area contributed by atoms with E-state index in [1.807, 2.05) is 30.3 Å². The van der Waals surface area contributed by atoms with Gasteiger partial charge >= 0.3 is 5.97 Å². The average Bonchev–Trinajstić information content (AvgIpc) is 2.75. The number of ether oxygens (including phenoxy) is 2. The molecule has 1 atom stereocenters. The summed E-state index contributed by atoms with van der Waals surface area (Å²) in [7, 11) is 1.60. The number of benzene rings is 1. The molecular formula is C23H23N3O4. The molecular weight excluding hydrogens is 382 g/mol. The lowest BCUT2D eigenvalue weighted by atomic mass is 9.96. The van der Waals surface area contributed by atoms with Crippen LogP contribution in [0.2, 0.25) is 0 Å². The molecule has 0 spiro atoms. The maximum absolute atomic E-state index is 11.4. The Kier molecular flexibility index (Phi) is 5.79. The second-order valence-corrected chi connectivity index (χ2v) is 7.16. The fourth-order valence-corrected chi connectivity index (χ4v) is 3.27. The Morgan fingerprint density at radius 2 is 2.07 bits per heavy atom. The van der Waals surface area contributed by atoms with Gasteiger partial charge in [0.2, 0.25) is 0 Å². The van der Waals surface area contributed by atoms with Gasteiger partial charge in [-0.05, 0) is 61.2 Å². The Morgan fingerprint density at radius 3 is 2.73 bits per heavy atom. The molecule has 0 radical (unpaired) electrons. The van der Waals surface area contributed by atoms with Gasteiger partial charge in [-0.25, -0.2) is 9.78 Å². The minimum Gasteiger partial charge on any atom is -0.491 e. The second-order valence-electron chi connectivity index (χ2n) is 7.16. The summed E-state index contributed by atoms with van der Waals surface area (Å²) in [5.74, 6) is 0.0773. The van der Waals surface area contributed by atoms with Crippen molar-refractivity contribution < 1.29 is 19.4 Å². The van der Waals surface area contributed by atoms with Crippen LogP contribution in [-0.4, -0.2) is 34.3 Å². The number of aromatic nitrogens is 2. The van der Waals surface area contributed by atoms with Crippen LogP contribution in [-0.2, 0) is 0 Å². The summed E-state index contributed by atoms with van der Waals surface area (Å²) in [6.45, 7) is 0. The second kappa shape index (κ2) is 8.82. The molecule has 7 nitrogen and oxygen atoms in total. The molecule has 1 fully saturated rings. The van der Waals surface area contributed by atoms with Gasteiger partial charge in [-0.15, -0.1) is 0 Å². The van der Waals surface area contributed by atoms with Gasteiger partial charge in [-0.1, -0.05) is 12.1 Å². The molecule has 2 N–H and O–H groups in total. The number of nitrogens with one attached hydrogen (secondary N) is 1. The van der Waals surface area contributed by atoms with Gasteiger partial charge in [0.25, 0.3) is 5.88 Å². The maximum Gasteiger partial charge on any atom is 0.335 e. The van der Waals surface area contributed by atoms with E-state index in [4.69, 9.17) is 14.5 Å². The van der Waals surface area contributed by atoms with E-state index in [0.29, 0.717) is 17.3 Å². The summed E-state index contributed by atoms with van der Waals surface area (Å²) in [6, 6.07) is 13.9. The maximum atomic E-state index is 11.4. The number of aromatic carboxylic acids is 1. The third-order valence-corrected chi connectivity index (χ3v) is 5.13. The lowest BCUT2D eigenvalue weighted by Crippen LogP contribution is -2.25. The van der Waals surface area contributed by atoms with Crippen molar-refractivity contribution in [3.8, 4) is 11.6 Å². The van der Waals surface area contributed by atoms with Crippen LogP contribution >= 0.6 is 0 Å². The van der Waals surface area contributed by atoms with Crippen LogP contribution in [0.1, 0.15) is 46.9 Å². The van der Waals surface area contributed by atoms with E-state index in [9.17, 15) is 9.90 Å². The van der Waals surface area contributed by atoms with E-state index in [1.54, 1.807) is 37.7 Å². The van der Waals surface area contributed by atoms with E-state index >= 15 is 0 Å². The Hall–Kier alpha value is -3.61. The van der Waals surface area contributed by atoms with Crippen LogP contribution in [0.25, 0.3) is 0 Å². The summed E-state index contributed by atoms with van der Waals surface area (Å²) >= 11 is 0.